The molecule has 0 unspecified atom stereocenters. The second-order valence-corrected chi connectivity index (χ2v) is 7.19. The summed E-state index contributed by atoms with van der Waals surface area (Å²) >= 11 is 0. The molecule has 0 aliphatic heterocycles. The molecule has 1 aromatic rings. The minimum absolute atomic E-state index is 0.00578. The Morgan fingerprint density at radius 1 is 1.35 bits per heavy atom. The Balaban J connectivity index is 1.96. The fourth-order valence-corrected chi connectivity index (χ4v) is 3.86. The number of rotatable bonds is 7. The number of hydrogen-bond acceptors (Lipinski definition) is 4. The van der Waals surface area contributed by atoms with E-state index in [0.29, 0.717) is 25.5 Å². The van der Waals surface area contributed by atoms with Gasteiger partial charge in [0.25, 0.3) is 0 Å². The first kappa shape index (κ1) is 17.8. The maximum absolute atomic E-state index is 13.1. The Hall–Kier alpha value is -1.58. The average Bonchev–Trinajstić information content (AvgIpc) is 2.42. The van der Waals surface area contributed by atoms with Gasteiger partial charge in [0.05, 0.1) is 11.4 Å². The van der Waals surface area contributed by atoms with E-state index in [9.17, 15) is 22.0 Å². The van der Waals surface area contributed by atoms with Crippen molar-refractivity contribution in [2.45, 2.75) is 36.7 Å². The molecule has 1 saturated carbocycles. The van der Waals surface area contributed by atoms with Crippen molar-refractivity contribution in [1.29, 1.82) is 0 Å². The van der Waals surface area contributed by atoms with Crippen molar-refractivity contribution < 1.29 is 27.1 Å². The fourth-order valence-electron chi connectivity index (χ4n) is 2.59. The van der Waals surface area contributed by atoms with Gasteiger partial charge in [-0.1, -0.05) is 6.92 Å². The van der Waals surface area contributed by atoms with Gasteiger partial charge < -0.3 is 5.11 Å². The first-order valence-corrected chi connectivity index (χ1v) is 8.64. The lowest BCUT2D eigenvalue weighted by molar-refractivity contribution is -0.139. The maximum Gasteiger partial charge on any atom is 0.317 e. The number of aliphatic carboxylic acids is 1. The number of sulfonamides is 1. The molecule has 0 atom stereocenters. The highest BCUT2D eigenvalue weighted by atomic mass is 32.2. The lowest BCUT2D eigenvalue weighted by Crippen LogP contribution is -2.54. The van der Waals surface area contributed by atoms with Crippen molar-refractivity contribution in [3.63, 3.8) is 0 Å². The summed E-state index contributed by atoms with van der Waals surface area (Å²) in [6.45, 7) is 2.30. The Kier molecular flexibility index (Phi) is 5.33. The van der Waals surface area contributed by atoms with Crippen LogP contribution in [0.2, 0.25) is 0 Å². The van der Waals surface area contributed by atoms with E-state index in [1.54, 1.807) is 4.90 Å². The number of halogens is 2. The molecule has 0 radical (unpaired) electrons. The predicted octanol–water partition coefficient (Wildman–Crippen LogP) is 1.18. The van der Waals surface area contributed by atoms with Crippen LogP contribution in [-0.2, 0) is 14.8 Å². The first-order valence-electron chi connectivity index (χ1n) is 7.16. The van der Waals surface area contributed by atoms with Crippen LogP contribution in [0.4, 0.5) is 8.78 Å². The SMILES string of the molecule is CCN(CC(=O)O)C1CC(NS(=O)(=O)c2ccc(F)c(F)c2)C1. The molecule has 23 heavy (non-hydrogen) atoms. The van der Waals surface area contributed by atoms with Crippen LogP contribution >= 0.6 is 0 Å². The quantitative estimate of drug-likeness (QED) is 0.773. The topological polar surface area (TPSA) is 86.7 Å². The van der Waals surface area contributed by atoms with Gasteiger partial charge >= 0.3 is 5.97 Å². The number of benzene rings is 1. The largest absolute Gasteiger partial charge is 0.480 e. The van der Waals surface area contributed by atoms with Gasteiger partial charge in [-0.05, 0) is 37.6 Å². The number of carbonyl (C=O) groups is 1. The van der Waals surface area contributed by atoms with E-state index in [0.717, 1.165) is 12.1 Å². The van der Waals surface area contributed by atoms with Gasteiger partial charge in [0.2, 0.25) is 10.0 Å². The zero-order chi connectivity index (χ0) is 17.2. The van der Waals surface area contributed by atoms with Crippen LogP contribution in [0.3, 0.4) is 0 Å². The molecule has 0 amide bonds. The molecule has 1 aliphatic rings. The standard InChI is InChI=1S/C14H18F2N2O4S/c1-2-18(8-14(19)20)10-5-9(6-10)17-23(21,22)11-3-4-12(15)13(16)7-11/h3-4,7,9-10,17H,2,5-6,8H2,1H3,(H,19,20). The third-order valence-corrected chi connectivity index (χ3v) is 5.42. The van der Waals surface area contributed by atoms with Gasteiger partial charge in [-0.2, -0.15) is 0 Å². The molecule has 2 N–H and O–H groups in total. The molecular formula is C14H18F2N2O4S. The molecule has 0 spiro atoms. The second kappa shape index (κ2) is 6.90. The molecule has 0 bridgehead atoms. The van der Waals surface area contributed by atoms with E-state index in [1.807, 2.05) is 6.92 Å². The summed E-state index contributed by atoms with van der Waals surface area (Å²) in [5.74, 6) is -3.27. The Labute approximate surface area is 133 Å². The molecular weight excluding hydrogens is 330 g/mol. The van der Waals surface area contributed by atoms with Gasteiger partial charge in [-0.15, -0.1) is 0 Å². The summed E-state index contributed by atoms with van der Waals surface area (Å²) in [5, 5.41) is 8.81. The zero-order valence-corrected chi connectivity index (χ0v) is 13.3. The van der Waals surface area contributed by atoms with Crippen LogP contribution < -0.4 is 4.72 Å². The van der Waals surface area contributed by atoms with Crippen molar-refractivity contribution in [2.75, 3.05) is 13.1 Å². The van der Waals surface area contributed by atoms with E-state index in [-0.39, 0.29) is 23.5 Å². The van der Waals surface area contributed by atoms with E-state index < -0.39 is 27.6 Å². The molecule has 1 fully saturated rings. The molecule has 128 valence electrons. The third kappa shape index (κ3) is 4.24. The van der Waals surface area contributed by atoms with E-state index >= 15 is 0 Å². The smallest absolute Gasteiger partial charge is 0.317 e. The van der Waals surface area contributed by atoms with Gasteiger partial charge in [0.15, 0.2) is 11.6 Å². The number of hydrogen-bond donors (Lipinski definition) is 2. The summed E-state index contributed by atoms with van der Waals surface area (Å²) in [5.41, 5.74) is 0. The summed E-state index contributed by atoms with van der Waals surface area (Å²) in [6, 6.07) is 2.05. The van der Waals surface area contributed by atoms with Crippen LogP contribution in [0.1, 0.15) is 19.8 Å². The van der Waals surface area contributed by atoms with Crippen LogP contribution in [-0.4, -0.2) is 49.6 Å². The summed E-state index contributed by atoms with van der Waals surface area (Å²) in [6.07, 6.45) is 0.952. The number of carboxylic acids is 1. The lowest BCUT2D eigenvalue weighted by atomic mass is 9.86. The minimum Gasteiger partial charge on any atom is -0.480 e. The summed E-state index contributed by atoms with van der Waals surface area (Å²) in [4.78, 5) is 12.2. The molecule has 9 heteroatoms. The van der Waals surface area contributed by atoms with Crippen molar-refractivity contribution in [1.82, 2.24) is 9.62 Å². The van der Waals surface area contributed by atoms with Crippen LogP contribution in [0, 0.1) is 11.6 Å². The highest BCUT2D eigenvalue weighted by Crippen LogP contribution is 2.27. The third-order valence-electron chi connectivity index (χ3n) is 3.90. The van der Waals surface area contributed by atoms with Crippen LogP contribution in [0.25, 0.3) is 0 Å². The van der Waals surface area contributed by atoms with Crippen molar-refractivity contribution >= 4 is 16.0 Å². The Morgan fingerprint density at radius 3 is 2.52 bits per heavy atom. The Bertz CT molecular complexity index is 690. The molecule has 0 aromatic heterocycles. The summed E-state index contributed by atoms with van der Waals surface area (Å²) < 4.78 is 52.7. The predicted molar refractivity (Wildman–Crippen MR) is 78.4 cm³/mol. The summed E-state index contributed by atoms with van der Waals surface area (Å²) in [7, 11) is -3.93. The first-order chi connectivity index (χ1) is 10.7. The molecule has 0 heterocycles. The minimum atomic E-state index is -3.93. The molecule has 1 aliphatic carbocycles. The van der Waals surface area contributed by atoms with Crippen molar-refractivity contribution in [3.05, 3.63) is 29.8 Å². The Morgan fingerprint density at radius 2 is 2.00 bits per heavy atom. The molecule has 6 nitrogen and oxygen atoms in total. The van der Waals surface area contributed by atoms with E-state index in [2.05, 4.69) is 4.72 Å². The number of nitrogens with zero attached hydrogens (tertiary/aromatic N) is 1. The van der Waals surface area contributed by atoms with Gasteiger partial charge in [-0.25, -0.2) is 21.9 Å². The van der Waals surface area contributed by atoms with Gasteiger partial charge in [0.1, 0.15) is 0 Å². The monoisotopic (exact) mass is 348 g/mol. The van der Waals surface area contributed by atoms with Crippen molar-refractivity contribution in [2.24, 2.45) is 0 Å². The van der Waals surface area contributed by atoms with Crippen LogP contribution in [0.5, 0.6) is 0 Å². The highest BCUT2D eigenvalue weighted by molar-refractivity contribution is 7.89. The maximum atomic E-state index is 13.1. The zero-order valence-electron chi connectivity index (χ0n) is 12.5. The molecule has 0 saturated heterocycles. The number of carboxylic acid groups (broad SMARTS) is 1. The lowest BCUT2D eigenvalue weighted by Gasteiger charge is -2.42. The van der Waals surface area contributed by atoms with Gasteiger partial charge in [0, 0.05) is 12.1 Å². The van der Waals surface area contributed by atoms with Crippen LogP contribution in [0.15, 0.2) is 23.1 Å². The number of nitrogens with one attached hydrogen (secondary N) is 1. The van der Waals surface area contributed by atoms with Crippen molar-refractivity contribution in [3.8, 4) is 0 Å². The normalized spacial score (nSPS) is 21.2. The van der Waals surface area contributed by atoms with E-state index in [4.69, 9.17) is 5.11 Å². The fraction of sp³-hybridized carbons (Fsp3) is 0.500. The highest BCUT2D eigenvalue weighted by Gasteiger charge is 2.36. The van der Waals surface area contributed by atoms with Gasteiger partial charge in [-0.3, -0.25) is 9.69 Å². The average molecular weight is 348 g/mol. The molecule has 2 rings (SSSR count). The second-order valence-electron chi connectivity index (χ2n) is 5.48. The number of likely N-dealkylation sites (N-methyl/N-ethyl adjacent to an activating group) is 1. The molecule has 1 aromatic carbocycles. The van der Waals surface area contributed by atoms with E-state index in [1.165, 1.54) is 0 Å².